The highest BCUT2D eigenvalue weighted by Crippen LogP contribution is 2.27. The number of hydrogen-bond acceptors (Lipinski definition) is 4. The quantitative estimate of drug-likeness (QED) is 0.750. The number of anilines is 2. The molecule has 2 heterocycles. The van der Waals surface area contributed by atoms with Gasteiger partial charge in [-0.2, -0.15) is 0 Å². The molecule has 0 spiro atoms. The lowest BCUT2D eigenvalue weighted by Crippen LogP contribution is -2.51. The summed E-state index contributed by atoms with van der Waals surface area (Å²) in [5.41, 5.74) is 4.43. The molecule has 0 bridgehead atoms. The largest absolute Gasteiger partial charge is 0.369 e. The number of carbonyl (C=O) groups excluding carboxylic acids is 2. The monoisotopic (exact) mass is 392 g/mol. The molecule has 0 aromatic heterocycles. The molecule has 29 heavy (non-hydrogen) atoms. The maximum Gasteiger partial charge on any atom is 0.333 e. The second-order valence-corrected chi connectivity index (χ2v) is 7.96. The van der Waals surface area contributed by atoms with Crippen molar-refractivity contribution in [3.05, 3.63) is 59.7 Å². The van der Waals surface area contributed by atoms with Gasteiger partial charge in [-0.1, -0.05) is 35.9 Å². The normalized spacial score (nSPS) is 20.7. The van der Waals surface area contributed by atoms with Crippen molar-refractivity contribution in [1.82, 2.24) is 9.80 Å². The minimum atomic E-state index is -0.474. The van der Waals surface area contributed by atoms with Crippen molar-refractivity contribution in [2.75, 3.05) is 42.6 Å². The standard InChI is InChI=1S/C23H28N4O2/c1-17-8-10-20(11-9-17)27-19(3)22(28)26(23(27)29)16-24-12-14-25(15-13-24)21-7-5-4-6-18(21)2/h4-11,19H,12-16H2,1-3H3. The van der Waals surface area contributed by atoms with E-state index in [1.54, 1.807) is 11.8 Å². The molecule has 0 saturated carbocycles. The molecule has 0 aliphatic carbocycles. The van der Waals surface area contributed by atoms with Crippen LogP contribution in [0.2, 0.25) is 0 Å². The third-order valence-corrected chi connectivity index (χ3v) is 5.93. The van der Waals surface area contributed by atoms with Gasteiger partial charge in [0.2, 0.25) is 0 Å². The average Bonchev–Trinajstić information content (AvgIpc) is 2.93. The lowest BCUT2D eigenvalue weighted by Gasteiger charge is -2.37. The minimum absolute atomic E-state index is 0.128. The van der Waals surface area contributed by atoms with E-state index in [1.165, 1.54) is 16.2 Å². The van der Waals surface area contributed by atoms with Crippen LogP contribution in [0, 0.1) is 13.8 Å². The van der Waals surface area contributed by atoms with Crippen LogP contribution in [0.5, 0.6) is 0 Å². The third kappa shape index (κ3) is 3.72. The van der Waals surface area contributed by atoms with Crippen molar-refractivity contribution < 1.29 is 9.59 Å². The molecule has 4 rings (SSSR count). The van der Waals surface area contributed by atoms with Gasteiger partial charge in [-0.15, -0.1) is 0 Å². The van der Waals surface area contributed by atoms with E-state index < -0.39 is 6.04 Å². The second kappa shape index (κ2) is 7.87. The lowest BCUT2D eigenvalue weighted by molar-refractivity contribution is -0.128. The summed E-state index contributed by atoms with van der Waals surface area (Å²) in [4.78, 5) is 33.4. The molecule has 152 valence electrons. The number of urea groups is 1. The summed E-state index contributed by atoms with van der Waals surface area (Å²) in [5, 5.41) is 0. The molecule has 0 N–H and O–H groups in total. The van der Waals surface area contributed by atoms with Crippen LogP contribution in [0.3, 0.4) is 0 Å². The smallest absolute Gasteiger partial charge is 0.333 e. The number of nitrogens with zero attached hydrogens (tertiary/aromatic N) is 4. The predicted molar refractivity (Wildman–Crippen MR) is 115 cm³/mol. The van der Waals surface area contributed by atoms with Crippen LogP contribution in [0.4, 0.5) is 16.2 Å². The maximum absolute atomic E-state index is 13.0. The van der Waals surface area contributed by atoms with Crippen LogP contribution in [0.1, 0.15) is 18.1 Å². The average molecular weight is 393 g/mol. The summed E-state index contributed by atoms with van der Waals surface area (Å²) in [7, 11) is 0. The maximum atomic E-state index is 13.0. The van der Waals surface area contributed by atoms with Gasteiger partial charge < -0.3 is 4.90 Å². The fraction of sp³-hybridized carbons (Fsp3) is 0.391. The van der Waals surface area contributed by atoms with Crippen molar-refractivity contribution >= 4 is 23.3 Å². The van der Waals surface area contributed by atoms with Gasteiger partial charge in [-0.3, -0.25) is 14.6 Å². The first kappa shape index (κ1) is 19.5. The van der Waals surface area contributed by atoms with E-state index in [9.17, 15) is 9.59 Å². The Morgan fingerprint density at radius 2 is 1.55 bits per heavy atom. The highest BCUT2D eigenvalue weighted by atomic mass is 16.2. The molecular weight excluding hydrogens is 364 g/mol. The van der Waals surface area contributed by atoms with E-state index in [0.717, 1.165) is 37.4 Å². The van der Waals surface area contributed by atoms with Crippen molar-refractivity contribution in [3.63, 3.8) is 0 Å². The highest BCUT2D eigenvalue weighted by molar-refractivity contribution is 6.14. The SMILES string of the molecule is Cc1ccc(N2C(=O)N(CN3CCN(c4ccccc4C)CC3)C(=O)C2C)cc1. The Morgan fingerprint density at radius 3 is 2.21 bits per heavy atom. The summed E-state index contributed by atoms with van der Waals surface area (Å²) < 4.78 is 0. The number of carbonyl (C=O) groups is 2. The fourth-order valence-corrected chi connectivity index (χ4v) is 4.14. The summed E-state index contributed by atoms with van der Waals surface area (Å²) >= 11 is 0. The minimum Gasteiger partial charge on any atom is -0.369 e. The van der Waals surface area contributed by atoms with Gasteiger partial charge in [-0.25, -0.2) is 9.69 Å². The molecule has 2 fully saturated rings. The number of piperazine rings is 1. The van der Waals surface area contributed by atoms with E-state index in [2.05, 4.69) is 41.0 Å². The number of para-hydroxylation sites is 1. The van der Waals surface area contributed by atoms with Gasteiger partial charge in [0.1, 0.15) is 6.04 Å². The Kier molecular flexibility index (Phi) is 5.28. The molecule has 2 aliphatic heterocycles. The van der Waals surface area contributed by atoms with Gasteiger partial charge in [0.05, 0.1) is 6.67 Å². The number of imide groups is 1. The second-order valence-electron chi connectivity index (χ2n) is 7.96. The Hall–Kier alpha value is -2.86. The molecule has 6 heteroatoms. The summed E-state index contributed by atoms with van der Waals surface area (Å²) in [6.45, 7) is 9.71. The van der Waals surface area contributed by atoms with Gasteiger partial charge >= 0.3 is 6.03 Å². The molecule has 2 aromatic carbocycles. The van der Waals surface area contributed by atoms with Crippen LogP contribution >= 0.6 is 0 Å². The van der Waals surface area contributed by atoms with Crippen molar-refractivity contribution in [1.29, 1.82) is 0 Å². The van der Waals surface area contributed by atoms with Crippen molar-refractivity contribution in [2.24, 2.45) is 0 Å². The molecule has 2 saturated heterocycles. The van der Waals surface area contributed by atoms with E-state index in [-0.39, 0.29) is 11.9 Å². The Labute approximate surface area is 172 Å². The number of aryl methyl sites for hydroxylation is 2. The van der Waals surface area contributed by atoms with Crippen LogP contribution in [-0.4, -0.2) is 60.6 Å². The molecule has 2 aromatic rings. The zero-order valence-electron chi connectivity index (χ0n) is 17.3. The molecular formula is C23H28N4O2. The molecule has 6 nitrogen and oxygen atoms in total. The van der Waals surface area contributed by atoms with Crippen LogP contribution < -0.4 is 9.80 Å². The van der Waals surface area contributed by atoms with Gasteiger partial charge in [0, 0.05) is 37.6 Å². The number of benzene rings is 2. The van der Waals surface area contributed by atoms with E-state index in [4.69, 9.17) is 0 Å². The van der Waals surface area contributed by atoms with Crippen molar-refractivity contribution in [3.8, 4) is 0 Å². The molecule has 3 amide bonds. The fourth-order valence-electron chi connectivity index (χ4n) is 4.14. The zero-order valence-corrected chi connectivity index (χ0v) is 17.3. The van der Waals surface area contributed by atoms with Crippen molar-refractivity contribution in [2.45, 2.75) is 26.8 Å². The van der Waals surface area contributed by atoms with Crippen LogP contribution in [0.25, 0.3) is 0 Å². The number of hydrogen-bond donors (Lipinski definition) is 0. The first-order valence-electron chi connectivity index (χ1n) is 10.2. The molecule has 2 aliphatic rings. The molecule has 1 unspecified atom stereocenters. The molecule has 0 radical (unpaired) electrons. The Bertz CT molecular complexity index is 903. The van der Waals surface area contributed by atoms with Crippen LogP contribution in [0.15, 0.2) is 48.5 Å². The van der Waals surface area contributed by atoms with Crippen LogP contribution in [-0.2, 0) is 4.79 Å². The summed E-state index contributed by atoms with van der Waals surface area (Å²) in [6, 6.07) is 15.4. The predicted octanol–water partition coefficient (Wildman–Crippen LogP) is 3.24. The summed E-state index contributed by atoms with van der Waals surface area (Å²) in [6.07, 6.45) is 0. The topological polar surface area (TPSA) is 47.1 Å². The van der Waals surface area contributed by atoms with E-state index >= 15 is 0 Å². The van der Waals surface area contributed by atoms with E-state index in [1.807, 2.05) is 31.2 Å². The summed E-state index contributed by atoms with van der Waals surface area (Å²) in [5.74, 6) is -0.128. The number of rotatable bonds is 4. The molecule has 1 atom stereocenters. The first-order valence-corrected chi connectivity index (χ1v) is 10.2. The van der Waals surface area contributed by atoms with Gasteiger partial charge in [0.15, 0.2) is 0 Å². The Morgan fingerprint density at radius 1 is 0.897 bits per heavy atom. The van der Waals surface area contributed by atoms with Gasteiger partial charge in [0.25, 0.3) is 5.91 Å². The van der Waals surface area contributed by atoms with E-state index in [0.29, 0.717) is 6.67 Å². The first-order chi connectivity index (χ1) is 14.0. The Balaban J connectivity index is 1.41. The zero-order chi connectivity index (χ0) is 20.5. The lowest BCUT2D eigenvalue weighted by atomic mass is 10.1. The third-order valence-electron chi connectivity index (χ3n) is 5.93. The highest BCUT2D eigenvalue weighted by Gasteiger charge is 2.44. The van der Waals surface area contributed by atoms with Gasteiger partial charge in [-0.05, 0) is 44.5 Å². The number of amides is 3.